The number of halogens is 3. The molecule has 1 fully saturated rings. The van der Waals surface area contributed by atoms with Gasteiger partial charge in [-0.25, -0.2) is 9.69 Å². The van der Waals surface area contributed by atoms with Gasteiger partial charge in [-0.2, -0.15) is 5.10 Å². The number of nitrogens with one attached hydrogen (secondary N) is 1. The second-order valence-corrected chi connectivity index (χ2v) is 11.3. The third-order valence-electron chi connectivity index (χ3n) is 6.27. The van der Waals surface area contributed by atoms with Gasteiger partial charge in [0.15, 0.2) is 5.69 Å². The molecule has 3 heterocycles. The average Bonchev–Trinajstić information content (AvgIpc) is 2.99. The number of fused-ring (bicyclic) bond motifs is 3. The summed E-state index contributed by atoms with van der Waals surface area (Å²) in [5, 5.41) is 7.82. The number of hydrogen-bond acceptors (Lipinski definition) is 4. The minimum absolute atomic E-state index is 0.243. The fraction of sp³-hybridized carbons (Fsp3) is 0.360. The largest absolute Gasteiger partial charge is 0.482 e. The van der Waals surface area contributed by atoms with E-state index in [0.717, 1.165) is 52.1 Å². The molecule has 0 aliphatic carbocycles. The smallest absolute Gasteiger partial charge is 0.286 e. The van der Waals surface area contributed by atoms with Gasteiger partial charge in [-0.1, -0.05) is 36.0 Å². The minimum atomic E-state index is -0.782. The van der Waals surface area contributed by atoms with Crippen LogP contribution in [-0.4, -0.2) is 33.8 Å². The predicted octanol–water partition coefficient (Wildman–Crippen LogP) is 6.60. The summed E-state index contributed by atoms with van der Waals surface area (Å²) < 4.78 is 9.23. The van der Waals surface area contributed by atoms with Crippen LogP contribution in [0.5, 0.6) is 5.75 Å². The van der Waals surface area contributed by atoms with Crippen molar-refractivity contribution in [3.63, 3.8) is 0 Å². The first kappa shape index (κ1) is 23.9. The molecule has 178 valence electrons. The van der Waals surface area contributed by atoms with Crippen LogP contribution in [0.25, 0.3) is 16.9 Å². The van der Waals surface area contributed by atoms with Gasteiger partial charge >= 0.3 is 0 Å². The number of rotatable bonds is 3. The van der Waals surface area contributed by atoms with E-state index in [4.69, 9.17) is 33.0 Å². The molecule has 5 rings (SSSR count). The van der Waals surface area contributed by atoms with Crippen LogP contribution in [0.4, 0.5) is 0 Å². The number of hydrogen-bond donors (Lipinski definition) is 1. The Morgan fingerprint density at radius 3 is 2.53 bits per heavy atom. The zero-order valence-electron chi connectivity index (χ0n) is 19.0. The highest BCUT2D eigenvalue weighted by molar-refractivity contribution is 14.1. The molecule has 1 aromatic heterocycles. The summed E-state index contributed by atoms with van der Waals surface area (Å²) in [5.74, 6) is 0.503. The molecule has 1 saturated heterocycles. The highest BCUT2D eigenvalue weighted by atomic mass is 127. The Morgan fingerprint density at radius 1 is 1.09 bits per heavy atom. The molecule has 0 bridgehead atoms. The van der Waals surface area contributed by atoms with Crippen molar-refractivity contribution < 1.29 is 9.53 Å². The van der Waals surface area contributed by atoms with Crippen molar-refractivity contribution in [3.8, 4) is 22.7 Å². The zero-order chi connectivity index (χ0) is 24.0. The Hall–Kier alpha value is -1.81. The van der Waals surface area contributed by atoms with Crippen LogP contribution in [-0.2, 0) is 5.60 Å². The number of carbonyl (C=O) groups is 1. The van der Waals surface area contributed by atoms with Crippen LogP contribution in [0.2, 0.25) is 10.0 Å². The van der Waals surface area contributed by atoms with Crippen LogP contribution in [0.1, 0.15) is 55.6 Å². The molecule has 0 saturated carbocycles. The molecule has 9 heteroatoms. The van der Waals surface area contributed by atoms with Crippen molar-refractivity contribution >= 4 is 51.7 Å². The predicted molar refractivity (Wildman–Crippen MR) is 143 cm³/mol. The Balaban J connectivity index is 1.69. The van der Waals surface area contributed by atoms with E-state index in [1.165, 1.54) is 12.8 Å². The van der Waals surface area contributed by atoms with Gasteiger partial charge in [-0.15, -0.1) is 0 Å². The Bertz CT molecular complexity index is 1270. The lowest BCUT2D eigenvalue weighted by Crippen LogP contribution is -2.44. The summed E-state index contributed by atoms with van der Waals surface area (Å²) in [5.41, 5.74) is 5.69. The first-order valence-electron chi connectivity index (χ1n) is 11.4. The lowest BCUT2D eigenvalue weighted by atomic mass is 9.89. The van der Waals surface area contributed by atoms with Crippen LogP contribution in [0.15, 0.2) is 36.4 Å². The molecule has 0 atom stereocenters. The lowest BCUT2D eigenvalue weighted by Gasteiger charge is -2.34. The molecular weight excluding hydrogens is 586 g/mol. The molecule has 0 unspecified atom stereocenters. The molecule has 2 aliphatic heterocycles. The van der Waals surface area contributed by atoms with Gasteiger partial charge in [0, 0.05) is 27.2 Å². The van der Waals surface area contributed by atoms with Crippen molar-refractivity contribution in [1.29, 1.82) is 0 Å². The first-order chi connectivity index (χ1) is 16.2. The molecule has 1 amide bonds. The van der Waals surface area contributed by atoms with Crippen LogP contribution in [0.3, 0.4) is 0 Å². The van der Waals surface area contributed by atoms with Crippen LogP contribution < -0.4 is 10.2 Å². The third-order valence-corrected chi connectivity index (χ3v) is 7.48. The second kappa shape index (κ2) is 9.33. The van der Waals surface area contributed by atoms with E-state index in [-0.39, 0.29) is 5.91 Å². The SMILES string of the molecule is CC1(C)Oc2cc(I)ccc2-c2c1c(C(=O)NN1CCCCCC1)nn2-c1ccc(Cl)cc1Cl. The van der Waals surface area contributed by atoms with Crippen molar-refractivity contribution in [2.24, 2.45) is 0 Å². The Labute approximate surface area is 222 Å². The molecule has 1 N–H and O–H groups in total. The number of carbonyl (C=O) groups excluding carboxylic acids is 1. The summed E-state index contributed by atoms with van der Waals surface area (Å²) in [6, 6.07) is 11.3. The van der Waals surface area contributed by atoms with Crippen LogP contribution >= 0.6 is 45.8 Å². The number of ether oxygens (including phenoxy) is 1. The Morgan fingerprint density at radius 2 is 1.82 bits per heavy atom. The topological polar surface area (TPSA) is 59.4 Å². The maximum absolute atomic E-state index is 13.6. The second-order valence-electron chi connectivity index (χ2n) is 9.17. The summed E-state index contributed by atoms with van der Waals surface area (Å²) in [7, 11) is 0. The average molecular weight is 611 g/mol. The fourth-order valence-electron chi connectivity index (χ4n) is 4.70. The molecule has 34 heavy (non-hydrogen) atoms. The fourth-order valence-corrected chi connectivity index (χ4v) is 5.66. The monoisotopic (exact) mass is 610 g/mol. The van der Waals surface area contributed by atoms with E-state index < -0.39 is 5.60 Å². The van der Waals surface area contributed by atoms with E-state index in [0.29, 0.717) is 21.4 Å². The number of aromatic nitrogens is 2. The molecule has 0 radical (unpaired) electrons. The molecule has 6 nitrogen and oxygen atoms in total. The van der Waals surface area contributed by atoms with E-state index >= 15 is 0 Å². The number of benzene rings is 2. The molecule has 2 aromatic carbocycles. The summed E-state index contributed by atoms with van der Waals surface area (Å²) in [6.45, 7) is 5.59. The van der Waals surface area contributed by atoms with E-state index in [1.807, 2.05) is 43.1 Å². The number of amides is 1. The van der Waals surface area contributed by atoms with Gasteiger partial charge in [0.1, 0.15) is 11.4 Å². The lowest BCUT2D eigenvalue weighted by molar-refractivity contribution is 0.0760. The van der Waals surface area contributed by atoms with Gasteiger partial charge in [-0.3, -0.25) is 10.2 Å². The van der Waals surface area contributed by atoms with Crippen molar-refractivity contribution in [3.05, 3.63) is 61.3 Å². The first-order valence-corrected chi connectivity index (χ1v) is 13.2. The van der Waals surface area contributed by atoms with E-state index in [2.05, 4.69) is 28.0 Å². The van der Waals surface area contributed by atoms with Crippen molar-refractivity contribution in [2.75, 3.05) is 13.1 Å². The summed E-state index contributed by atoms with van der Waals surface area (Å²) >= 11 is 15.0. The van der Waals surface area contributed by atoms with Gasteiger partial charge in [0.25, 0.3) is 5.91 Å². The van der Waals surface area contributed by atoms with Crippen molar-refractivity contribution in [2.45, 2.75) is 45.1 Å². The molecule has 3 aromatic rings. The maximum atomic E-state index is 13.6. The van der Waals surface area contributed by atoms with Gasteiger partial charge in [0.2, 0.25) is 0 Å². The van der Waals surface area contributed by atoms with E-state index in [9.17, 15) is 4.79 Å². The van der Waals surface area contributed by atoms with Crippen molar-refractivity contribution in [1.82, 2.24) is 20.2 Å². The molecule has 0 spiro atoms. The van der Waals surface area contributed by atoms with Gasteiger partial charge in [-0.05, 0) is 85.7 Å². The standard InChI is InChI=1S/C25H25Cl2IN4O2/c1-25(2)21-22(24(33)30-31-11-5-3-4-6-12-31)29-32(19-10-7-15(26)13-18(19)27)23(21)17-9-8-16(28)14-20(17)34-25/h7-10,13-14H,3-6,11-12H2,1-2H3,(H,30,33). The van der Waals surface area contributed by atoms with E-state index in [1.54, 1.807) is 16.8 Å². The van der Waals surface area contributed by atoms with Gasteiger partial charge in [0.05, 0.1) is 22.0 Å². The molecular formula is C25H25Cl2IN4O2. The van der Waals surface area contributed by atoms with Crippen LogP contribution in [0, 0.1) is 3.57 Å². The zero-order valence-corrected chi connectivity index (χ0v) is 22.7. The Kier molecular flexibility index (Phi) is 6.56. The number of hydrazine groups is 1. The third kappa shape index (κ3) is 4.43. The summed E-state index contributed by atoms with van der Waals surface area (Å²) in [6.07, 6.45) is 4.49. The van der Waals surface area contributed by atoms with Gasteiger partial charge < -0.3 is 4.74 Å². The highest BCUT2D eigenvalue weighted by Gasteiger charge is 2.41. The number of nitrogens with zero attached hydrogens (tertiary/aromatic N) is 3. The quantitative estimate of drug-likeness (QED) is 0.340. The highest BCUT2D eigenvalue weighted by Crippen LogP contribution is 2.48. The molecule has 2 aliphatic rings. The minimum Gasteiger partial charge on any atom is -0.482 e. The summed E-state index contributed by atoms with van der Waals surface area (Å²) in [4.78, 5) is 13.6. The maximum Gasteiger partial charge on any atom is 0.286 e. The normalized spacial score (nSPS) is 17.3.